The summed E-state index contributed by atoms with van der Waals surface area (Å²) >= 11 is 5.18. The molecule has 0 bridgehead atoms. The number of methoxy groups -OCH3 is 1. The fraction of sp³-hybridized carbons (Fsp3) is 0.533. The van der Waals surface area contributed by atoms with Crippen molar-refractivity contribution in [3.05, 3.63) is 23.0 Å². The van der Waals surface area contributed by atoms with E-state index in [-0.39, 0.29) is 12.0 Å². The molecular formula is C15H21N3O2S. The van der Waals surface area contributed by atoms with E-state index in [0.29, 0.717) is 4.99 Å². The van der Waals surface area contributed by atoms with Gasteiger partial charge < -0.3 is 15.4 Å². The van der Waals surface area contributed by atoms with E-state index in [9.17, 15) is 4.79 Å². The number of anilines is 1. The van der Waals surface area contributed by atoms with Crippen molar-refractivity contribution in [2.45, 2.75) is 39.2 Å². The molecule has 1 saturated heterocycles. The van der Waals surface area contributed by atoms with Gasteiger partial charge >= 0.3 is 5.97 Å². The van der Waals surface area contributed by atoms with E-state index in [2.05, 4.69) is 9.88 Å². The highest BCUT2D eigenvalue weighted by molar-refractivity contribution is 7.80. The molecule has 1 aliphatic heterocycles. The Bertz CT molecular complexity index is 574. The predicted molar refractivity (Wildman–Crippen MR) is 86.6 cm³/mol. The van der Waals surface area contributed by atoms with Gasteiger partial charge in [0.1, 0.15) is 11.0 Å². The lowest BCUT2D eigenvalue weighted by atomic mass is 9.99. The first kappa shape index (κ1) is 15.7. The summed E-state index contributed by atoms with van der Waals surface area (Å²) in [6, 6.07) is 1.67. The molecule has 2 rings (SSSR count). The van der Waals surface area contributed by atoms with Crippen LogP contribution in [0.2, 0.25) is 0 Å². The van der Waals surface area contributed by atoms with Crippen molar-refractivity contribution < 1.29 is 9.53 Å². The van der Waals surface area contributed by atoms with Crippen molar-refractivity contribution >= 4 is 28.9 Å². The minimum atomic E-state index is -0.280. The Morgan fingerprint density at radius 2 is 2.19 bits per heavy atom. The molecule has 2 heterocycles. The third kappa shape index (κ3) is 3.15. The van der Waals surface area contributed by atoms with Crippen LogP contribution in [0.5, 0.6) is 0 Å². The summed E-state index contributed by atoms with van der Waals surface area (Å²) in [5.74, 6) is -0.212. The first-order chi connectivity index (χ1) is 9.95. The summed E-state index contributed by atoms with van der Waals surface area (Å²) in [5.41, 5.74) is 9.21. The zero-order valence-corrected chi connectivity index (χ0v) is 13.5. The maximum atomic E-state index is 12.1. The monoisotopic (exact) mass is 307 g/mol. The quantitative estimate of drug-likeness (QED) is 0.679. The van der Waals surface area contributed by atoms with Crippen molar-refractivity contribution in [3.63, 3.8) is 0 Å². The number of nitrogens with zero attached hydrogens (tertiary/aromatic N) is 2. The Balaban J connectivity index is 2.52. The average molecular weight is 307 g/mol. The first-order valence-electron chi connectivity index (χ1n) is 7.08. The lowest BCUT2D eigenvalue weighted by molar-refractivity contribution is -0.142. The molecule has 1 aromatic rings. The number of esters is 1. The third-order valence-corrected chi connectivity index (χ3v) is 4.04. The van der Waals surface area contributed by atoms with Crippen LogP contribution in [-0.2, 0) is 9.53 Å². The van der Waals surface area contributed by atoms with Gasteiger partial charge in [0.2, 0.25) is 0 Å². The van der Waals surface area contributed by atoms with E-state index in [1.54, 1.807) is 0 Å². The minimum Gasteiger partial charge on any atom is -0.467 e. The van der Waals surface area contributed by atoms with E-state index in [4.69, 9.17) is 22.7 Å². The van der Waals surface area contributed by atoms with Crippen LogP contribution in [0.1, 0.15) is 36.2 Å². The van der Waals surface area contributed by atoms with E-state index in [0.717, 1.165) is 48.4 Å². The van der Waals surface area contributed by atoms with Crippen molar-refractivity contribution in [2.75, 3.05) is 18.6 Å². The van der Waals surface area contributed by atoms with Gasteiger partial charge in [0.25, 0.3) is 0 Å². The Morgan fingerprint density at radius 3 is 2.81 bits per heavy atom. The van der Waals surface area contributed by atoms with Gasteiger partial charge in [-0.2, -0.15) is 0 Å². The summed E-state index contributed by atoms with van der Waals surface area (Å²) in [5, 5.41) is 0. The zero-order chi connectivity index (χ0) is 15.6. The van der Waals surface area contributed by atoms with Gasteiger partial charge in [0.05, 0.1) is 18.4 Å². The molecule has 5 nitrogen and oxygen atoms in total. The normalized spacial score (nSPS) is 18.4. The Labute approximate surface area is 130 Å². The van der Waals surface area contributed by atoms with Crippen LogP contribution in [-0.4, -0.2) is 35.6 Å². The van der Waals surface area contributed by atoms with Gasteiger partial charge in [-0.05, 0) is 39.2 Å². The molecule has 1 unspecified atom stereocenters. The summed E-state index contributed by atoms with van der Waals surface area (Å²) < 4.78 is 4.94. The summed E-state index contributed by atoms with van der Waals surface area (Å²) in [6.45, 7) is 4.61. The number of nitrogens with two attached hydrogens (primary N) is 1. The molecule has 1 aromatic heterocycles. The maximum absolute atomic E-state index is 12.1. The number of pyridine rings is 1. The van der Waals surface area contributed by atoms with Crippen molar-refractivity contribution in [3.8, 4) is 0 Å². The highest BCUT2D eigenvalue weighted by atomic mass is 32.1. The molecule has 0 saturated carbocycles. The summed E-state index contributed by atoms with van der Waals surface area (Å²) in [7, 11) is 1.42. The topological polar surface area (TPSA) is 68.5 Å². The van der Waals surface area contributed by atoms with Gasteiger partial charge in [0, 0.05) is 17.9 Å². The van der Waals surface area contributed by atoms with E-state index < -0.39 is 0 Å². The number of thiocarbonyl (C=S) groups is 1. The number of rotatable bonds is 3. The minimum absolute atomic E-state index is 0.212. The molecule has 0 spiro atoms. The van der Waals surface area contributed by atoms with Crippen LogP contribution in [0, 0.1) is 13.8 Å². The second-order valence-corrected chi connectivity index (χ2v) is 5.78. The zero-order valence-electron chi connectivity index (χ0n) is 12.7. The van der Waals surface area contributed by atoms with Gasteiger partial charge in [-0.15, -0.1) is 0 Å². The third-order valence-electron chi connectivity index (χ3n) is 3.84. The van der Waals surface area contributed by atoms with Crippen molar-refractivity contribution in [1.29, 1.82) is 0 Å². The smallest absolute Gasteiger partial charge is 0.328 e. The number of hydrogen-bond donors (Lipinski definition) is 1. The fourth-order valence-corrected chi connectivity index (χ4v) is 3.19. The SMILES string of the molecule is COC(=O)C1CCCCN1c1cc(C)nc(C)c1C(N)=S. The molecule has 0 amide bonds. The molecule has 1 aliphatic rings. The van der Waals surface area contributed by atoms with Crippen LogP contribution >= 0.6 is 12.2 Å². The number of piperidine rings is 1. The largest absolute Gasteiger partial charge is 0.467 e. The second-order valence-electron chi connectivity index (χ2n) is 5.34. The average Bonchev–Trinajstić information content (AvgIpc) is 2.45. The molecule has 21 heavy (non-hydrogen) atoms. The number of hydrogen-bond acceptors (Lipinski definition) is 5. The molecule has 1 fully saturated rings. The molecule has 0 aliphatic carbocycles. The van der Waals surface area contributed by atoms with Crippen LogP contribution < -0.4 is 10.6 Å². The van der Waals surface area contributed by atoms with Crippen LogP contribution in [0.25, 0.3) is 0 Å². The molecule has 0 aromatic carbocycles. The van der Waals surface area contributed by atoms with Gasteiger partial charge in [0.15, 0.2) is 0 Å². The maximum Gasteiger partial charge on any atom is 0.328 e. The van der Waals surface area contributed by atoms with Crippen LogP contribution in [0.4, 0.5) is 5.69 Å². The Morgan fingerprint density at radius 1 is 1.48 bits per heavy atom. The summed E-state index contributed by atoms with van der Waals surface area (Å²) in [6.07, 6.45) is 2.83. The molecule has 6 heteroatoms. The lowest BCUT2D eigenvalue weighted by Crippen LogP contribution is -2.46. The predicted octanol–water partition coefficient (Wildman–Crippen LogP) is 1.86. The van der Waals surface area contributed by atoms with Gasteiger partial charge in [-0.25, -0.2) is 4.79 Å². The molecule has 1 atom stereocenters. The van der Waals surface area contributed by atoms with E-state index in [1.165, 1.54) is 7.11 Å². The van der Waals surface area contributed by atoms with Gasteiger partial charge in [-0.1, -0.05) is 12.2 Å². The van der Waals surface area contributed by atoms with Crippen LogP contribution in [0.15, 0.2) is 6.07 Å². The summed E-state index contributed by atoms with van der Waals surface area (Å²) in [4.78, 5) is 18.9. The van der Waals surface area contributed by atoms with Crippen molar-refractivity contribution in [2.24, 2.45) is 5.73 Å². The van der Waals surface area contributed by atoms with E-state index in [1.807, 2.05) is 19.9 Å². The standard InChI is InChI=1S/C15H21N3O2S/c1-9-8-12(13(14(16)21)10(2)17-9)18-7-5-4-6-11(18)15(19)20-3/h8,11H,4-7H2,1-3H3,(H2,16,21). The fourth-order valence-electron chi connectivity index (χ4n) is 2.94. The molecule has 0 radical (unpaired) electrons. The number of aromatic nitrogens is 1. The Kier molecular flexibility index (Phi) is 4.77. The second kappa shape index (κ2) is 6.39. The van der Waals surface area contributed by atoms with Gasteiger partial charge in [-0.3, -0.25) is 4.98 Å². The Hall–Kier alpha value is -1.69. The highest BCUT2D eigenvalue weighted by Crippen LogP contribution is 2.30. The number of carbonyl (C=O) groups is 1. The number of carbonyl (C=O) groups excluding carboxylic acids is 1. The number of ether oxygens (including phenoxy) is 1. The highest BCUT2D eigenvalue weighted by Gasteiger charge is 2.31. The van der Waals surface area contributed by atoms with Crippen molar-refractivity contribution in [1.82, 2.24) is 4.98 Å². The molecule has 2 N–H and O–H groups in total. The first-order valence-corrected chi connectivity index (χ1v) is 7.49. The van der Waals surface area contributed by atoms with Crippen LogP contribution in [0.3, 0.4) is 0 Å². The lowest BCUT2D eigenvalue weighted by Gasteiger charge is -2.37. The van der Waals surface area contributed by atoms with E-state index >= 15 is 0 Å². The number of aryl methyl sites for hydroxylation is 2. The molecule has 114 valence electrons. The molecular weight excluding hydrogens is 286 g/mol.